The highest BCUT2D eigenvalue weighted by atomic mass is 16.4. The van der Waals surface area contributed by atoms with Crippen LogP contribution in [0.3, 0.4) is 0 Å². The molecule has 1 aromatic rings. The summed E-state index contributed by atoms with van der Waals surface area (Å²) in [7, 11) is 0. The van der Waals surface area contributed by atoms with Gasteiger partial charge in [0.05, 0.1) is 0 Å². The van der Waals surface area contributed by atoms with Crippen molar-refractivity contribution in [1.29, 1.82) is 0 Å². The third kappa shape index (κ3) is 5.09. The summed E-state index contributed by atoms with van der Waals surface area (Å²) in [6.07, 6.45) is 1.19. The number of carbonyl (C=O) groups is 3. The molecule has 0 fully saturated rings. The number of carbonyl (C=O) groups excluding carboxylic acids is 2. The van der Waals surface area contributed by atoms with Gasteiger partial charge in [-0.15, -0.1) is 0 Å². The molecule has 0 saturated carbocycles. The zero-order valence-electron chi connectivity index (χ0n) is 11.5. The van der Waals surface area contributed by atoms with Crippen LogP contribution in [-0.4, -0.2) is 33.5 Å². The molecule has 21 heavy (non-hydrogen) atoms. The van der Waals surface area contributed by atoms with E-state index < -0.39 is 23.8 Å². The average Bonchev–Trinajstić information content (AvgIpc) is 2.39. The fourth-order valence-corrected chi connectivity index (χ4v) is 1.72. The Balaban J connectivity index is 2.70. The molecule has 114 valence electrons. The van der Waals surface area contributed by atoms with E-state index in [1.165, 1.54) is 10.8 Å². The molecule has 1 unspecified atom stereocenters. The molecule has 0 radical (unpaired) electrons. The van der Waals surface area contributed by atoms with Crippen LogP contribution >= 0.6 is 0 Å². The van der Waals surface area contributed by atoms with Gasteiger partial charge in [-0.3, -0.25) is 14.4 Å². The normalized spacial score (nSPS) is 11.7. The van der Waals surface area contributed by atoms with Gasteiger partial charge in [-0.25, -0.2) is 4.79 Å². The summed E-state index contributed by atoms with van der Waals surface area (Å²) >= 11 is 0. The topological polar surface area (TPSA) is 131 Å². The molecule has 1 atom stereocenters. The first-order valence-electron chi connectivity index (χ1n) is 6.27. The van der Waals surface area contributed by atoms with Crippen molar-refractivity contribution in [1.82, 2.24) is 9.88 Å². The zero-order valence-corrected chi connectivity index (χ0v) is 11.5. The molecule has 4 N–H and O–H groups in total. The Bertz CT molecular complexity index is 608. The van der Waals surface area contributed by atoms with Gasteiger partial charge in [0, 0.05) is 18.2 Å². The second-order valence-electron chi connectivity index (χ2n) is 4.59. The third-order valence-corrected chi connectivity index (χ3v) is 2.84. The Morgan fingerprint density at radius 2 is 2.10 bits per heavy atom. The fourth-order valence-electron chi connectivity index (χ4n) is 1.72. The molecule has 0 aliphatic carbocycles. The average molecular weight is 295 g/mol. The highest BCUT2D eigenvalue weighted by Crippen LogP contribution is 1.98. The Kier molecular flexibility index (Phi) is 5.65. The third-order valence-electron chi connectivity index (χ3n) is 2.84. The van der Waals surface area contributed by atoms with Crippen LogP contribution in [0.15, 0.2) is 23.1 Å². The first-order valence-corrected chi connectivity index (χ1v) is 6.27. The van der Waals surface area contributed by atoms with E-state index in [2.05, 4.69) is 5.32 Å². The first kappa shape index (κ1) is 16.4. The van der Waals surface area contributed by atoms with Gasteiger partial charge in [-0.2, -0.15) is 0 Å². The molecule has 0 saturated heterocycles. The van der Waals surface area contributed by atoms with Gasteiger partial charge >= 0.3 is 5.97 Å². The number of carboxylic acid groups (broad SMARTS) is 1. The molecule has 0 aliphatic heterocycles. The fraction of sp³-hybridized carbons (Fsp3) is 0.385. The van der Waals surface area contributed by atoms with Gasteiger partial charge < -0.3 is 20.7 Å². The van der Waals surface area contributed by atoms with Gasteiger partial charge in [0.25, 0.3) is 5.56 Å². The minimum Gasteiger partial charge on any atom is -0.480 e. The van der Waals surface area contributed by atoms with Crippen LogP contribution < -0.4 is 16.6 Å². The summed E-state index contributed by atoms with van der Waals surface area (Å²) < 4.78 is 1.18. The monoisotopic (exact) mass is 295 g/mol. The largest absolute Gasteiger partial charge is 0.480 e. The minimum absolute atomic E-state index is 0.0981. The number of pyridine rings is 1. The lowest BCUT2D eigenvalue weighted by Crippen LogP contribution is -2.43. The van der Waals surface area contributed by atoms with Crippen LogP contribution in [0.2, 0.25) is 0 Å². The van der Waals surface area contributed by atoms with Crippen molar-refractivity contribution < 1.29 is 19.5 Å². The maximum Gasteiger partial charge on any atom is 0.326 e. The number of nitrogens with one attached hydrogen (secondary N) is 1. The van der Waals surface area contributed by atoms with Crippen molar-refractivity contribution in [3.8, 4) is 0 Å². The number of aliphatic carboxylic acids is 1. The number of amides is 2. The molecule has 0 aliphatic rings. The summed E-state index contributed by atoms with van der Waals surface area (Å²) in [6.45, 7) is 1.32. The van der Waals surface area contributed by atoms with Crippen LogP contribution in [0.5, 0.6) is 0 Å². The minimum atomic E-state index is -1.26. The van der Waals surface area contributed by atoms with Crippen molar-refractivity contribution in [2.75, 3.05) is 0 Å². The lowest BCUT2D eigenvalue weighted by molar-refractivity contribution is -0.142. The van der Waals surface area contributed by atoms with Crippen LogP contribution in [-0.2, 0) is 20.9 Å². The quantitative estimate of drug-likeness (QED) is 0.593. The van der Waals surface area contributed by atoms with E-state index in [1.54, 1.807) is 19.1 Å². The predicted octanol–water partition coefficient (Wildman–Crippen LogP) is -1.01. The predicted molar refractivity (Wildman–Crippen MR) is 73.4 cm³/mol. The molecule has 0 spiro atoms. The van der Waals surface area contributed by atoms with E-state index in [1.807, 2.05) is 0 Å². The van der Waals surface area contributed by atoms with Gasteiger partial charge in [0.15, 0.2) is 0 Å². The second kappa shape index (κ2) is 7.22. The van der Waals surface area contributed by atoms with E-state index in [-0.39, 0.29) is 24.9 Å². The SMILES string of the molecule is Cc1cccn(CC(=O)NC(CCC(N)=O)C(=O)O)c1=O. The first-order chi connectivity index (χ1) is 9.81. The van der Waals surface area contributed by atoms with Crippen molar-refractivity contribution >= 4 is 17.8 Å². The van der Waals surface area contributed by atoms with Gasteiger partial charge in [0.2, 0.25) is 11.8 Å². The lowest BCUT2D eigenvalue weighted by atomic mass is 10.1. The van der Waals surface area contributed by atoms with Crippen molar-refractivity contribution in [3.05, 3.63) is 34.2 Å². The molecule has 0 bridgehead atoms. The number of carboxylic acids is 1. The van der Waals surface area contributed by atoms with Crippen LogP contribution in [0, 0.1) is 6.92 Å². The summed E-state index contributed by atoms with van der Waals surface area (Å²) in [5, 5.41) is 11.2. The van der Waals surface area contributed by atoms with Gasteiger partial charge in [0.1, 0.15) is 12.6 Å². The Morgan fingerprint density at radius 3 is 2.67 bits per heavy atom. The van der Waals surface area contributed by atoms with Crippen molar-refractivity contribution in [3.63, 3.8) is 0 Å². The van der Waals surface area contributed by atoms with E-state index >= 15 is 0 Å². The van der Waals surface area contributed by atoms with Crippen molar-refractivity contribution in [2.45, 2.75) is 32.4 Å². The highest BCUT2D eigenvalue weighted by Gasteiger charge is 2.20. The Hall–Kier alpha value is -2.64. The van der Waals surface area contributed by atoms with Crippen molar-refractivity contribution in [2.24, 2.45) is 5.73 Å². The number of aryl methyl sites for hydroxylation is 1. The maximum absolute atomic E-state index is 11.8. The van der Waals surface area contributed by atoms with E-state index in [0.717, 1.165) is 0 Å². The molecular formula is C13H17N3O5. The number of hydrogen-bond donors (Lipinski definition) is 3. The van der Waals surface area contributed by atoms with Crippen LogP contribution in [0.25, 0.3) is 0 Å². The maximum atomic E-state index is 11.8. The number of nitrogens with two attached hydrogens (primary N) is 1. The molecule has 8 heteroatoms. The molecule has 1 aromatic heterocycles. The number of rotatable bonds is 7. The lowest BCUT2D eigenvalue weighted by Gasteiger charge is -2.14. The second-order valence-corrected chi connectivity index (χ2v) is 4.59. The smallest absolute Gasteiger partial charge is 0.326 e. The van der Waals surface area contributed by atoms with Gasteiger partial charge in [-0.05, 0) is 19.4 Å². The van der Waals surface area contributed by atoms with E-state index in [4.69, 9.17) is 10.8 Å². The highest BCUT2D eigenvalue weighted by molar-refractivity contribution is 5.84. The molecule has 8 nitrogen and oxygen atoms in total. The zero-order chi connectivity index (χ0) is 16.0. The number of nitrogens with zero attached hydrogens (tertiary/aromatic N) is 1. The summed E-state index contributed by atoms with van der Waals surface area (Å²) in [5.41, 5.74) is 5.10. The number of primary amides is 1. The Labute approximate surface area is 120 Å². The summed E-state index contributed by atoms with van der Waals surface area (Å²) in [4.78, 5) is 45.2. The van der Waals surface area contributed by atoms with Crippen LogP contribution in [0.1, 0.15) is 18.4 Å². The summed E-state index contributed by atoms with van der Waals surface area (Å²) in [6, 6.07) is 2.01. The molecule has 1 rings (SSSR count). The number of aromatic nitrogens is 1. The molecular weight excluding hydrogens is 278 g/mol. The molecule has 1 heterocycles. The standard InChI is InChI=1S/C13H17N3O5/c1-8-3-2-6-16(12(8)19)7-11(18)15-9(13(20)21)4-5-10(14)17/h2-3,6,9H,4-5,7H2,1H3,(H2,14,17)(H,15,18)(H,20,21). The number of hydrogen-bond acceptors (Lipinski definition) is 4. The van der Waals surface area contributed by atoms with Crippen LogP contribution in [0.4, 0.5) is 0 Å². The Morgan fingerprint density at radius 1 is 1.43 bits per heavy atom. The summed E-state index contributed by atoms with van der Waals surface area (Å²) in [5.74, 6) is -2.54. The van der Waals surface area contributed by atoms with E-state index in [0.29, 0.717) is 5.56 Å². The van der Waals surface area contributed by atoms with E-state index in [9.17, 15) is 19.2 Å². The molecule has 2 amide bonds. The van der Waals surface area contributed by atoms with Gasteiger partial charge in [-0.1, -0.05) is 6.07 Å². The molecule has 0 aromatic carbocycles.